The molecule has 0 aliphatic heterocycles. The maximum atomic E-state index is 11.5. The Kier molecular flexibility index (Phi) is 4.80. The van der Waals surface area contributed by atoms with E-state index in [1.165, 1.54) is 0 Å². The van der Waals surface area contributed by atoms with E-state index in [1.807, 2.05) is 31.2 Å². The zero-order chi connectivity index (χ0) is 13.7. The van der Waals surface area contributed by atoms with Crippen LogP contribution >= 0.6 is 0 Å². The average Bonchev–Trinajstić information content (AvgIpc) is 2.78. The van der Waals surface area contributed by atoms with E-state index in [0.29, 0.717) is 25.0 Å². The van der Waals surface area contributed by atoms with Crippen molar-refractivity contribution < 1.29 is 4.79 Å². The highest BCUT2D eigenvalue weighted by molar-refractivity contribution is 5.78. The molecule has 104 valence electrons. The lowest BCUT2D eigenvalue weighted by atomic mass is 10.1. The number of nitrogens with two attached hydrogens (primary N) is 1. The number of carbonyl (C=O) groups excluding carboxylic acids is 1. The Hall–Kier alpha value is -1.55. The van der Waals surface area contributed by atoms with Gasteiger partial charge in [0.2, 0.25) is 5.91 Å². The number of rotatable bonds is 5. The van der Waals surface area contributed by atoms with Crippen molar-refractivity contribution in [1.29, 1.82) is 0 Å². The summed E-state index contributed by atoms with van der Waals surface area (Å²) in [5.74, 6) is 0.0741. The summed E-state index contributed by atoms with van der Waals surface area (Å²) in [6, 6.07) is 8.93. The highest BCUT2D eigenvalue weighted by Gasteiger charge is 2.21. The van der Waals surface area contributed by atoms with Gasteiger partial charge in [0.25, 0.3) is 0 Å². The molecule has 1 aromatic carbocycles. The lowest BCUT2D eigenvalue weighted by Crippen LogP contribution is -2.24. The first kappa shape index (κ1) is 13.9. The van der Waals surface area contributed by atoms with E-state index >= 15 is 0 Å². The van der Waals surface area contributed by atoms with Gasteiger partial charge in [-0.1, -0.05) is 12.1 Å². The number of anilines is 1. The number of nitrogens with one attached hydrogen (secondary N) is 2. The van der Waals surface area contributed by atoms with Gasteiger partial charge in [-0.3, -0.25) is 4.79 Å². The predicted octanol–water partition coefficient (Wildman–Crippen LogP) is 1.66. The van der Waals surface area contributed by atoms with Gasteiger partial charge in [0.1, 0.15) is 0 Å². The second kappa shape index (κ2) is 6.57. The number of likely N-dealkylation sites (N-methyl/N-ethyl adjacent to an activating group) is 1. The van der Waals surface area contributed by atoms with Crippen molar-refractivity contribution in [2.45, 2.75) is 44.7 Å². The molecule has 0 spiro atoms. The molecule has 1 saturated carbocycles. The number of hydrogen-bond acceptors (Lipinski definition) is 3. The van der Waals surface area contributed by atoms with Crippen LogP contribution in [0.4, 0.5) is 5.69 Å². The fourth-order valence-electron chi connectivity index (χ4n) is 2.55. The summed E-state index contributed by atoms with van der Waals surface area (Å²) in [7, 11) is 0. The topological polar surface area (TPSA) is 67.2 Å². The molecular formula is C15H23N3O. The fraction of sp³-hybridized carbons (Fsp3) is 0.533. The van der Waals surface area contributed by atoms with Crippen LogP contribution in [0.2, 0.25) is 0 Å². The van der Waals surface area contributed by atoms with Crippen LogP contribution in [-0.4, -0.2) is 24.5 Å². The standard InChI is InChI=1S/C15H23N3O/c1-2-17-15(19)9-11-3-6-13(7-4-11)18-14-8-5-12(16)10-14/h3-4,6-7,12,14,18H,2,5,8-10,16H2,1H3,(H,17,19). The predicted molar refractivity (Wildman–Crippen MR) is 78.1 cm³/mol. The van der Waals surface area contributed by atoms with E-state index in [1.54, 1.807) is 0 Å². The summed E-state index contributed by atoms with van der Waals surface area (Å²) in [6.07, 6.45) is 3.73. The summed E-state index contributed by atoms with van der Waals surface area (Å²) in [5.41, 5.74) is 8.05. The Balaban J connectivity index is 1.86. The summed E-state index contributed by atoms with van der Waals surface area (Å²) in [4.78, 5) is 11.5. The van der Waals surface area contributed by atoms with Crippen molar-refractivity contribution in [1.82, 2.24) is 5.32 Å². The summed E-state index contributed by atoms with van der Waals surface area (Å²) >= 11 is 0. The minimum Gasteiger partial charge on any atom is -0.382 e. The number of benzene rings is 1. The highest BCUT2D eigenvalue weighted by Crippen LogP contribution is 2.22. The molecule has 0 heterocycles. The zero-order valence-electron chi connectivity index (χ0n) is 11.5. The normalized spacial score (nSPS) is 22.2. The average molecular weight is 261 g/mol. The van der Waals surface area contributed by atoms with Crippen LogP contribution in [0.3, 0.4) is 0 Å². The van der Waals surface area contributed by atoms with Crippen molar-refractivity contribution in [3.05, 3.63) is 29.8 Å². The molecule has 0 saturated heterocycles. The van der Waals surface area contributed by atoms with E-state index in [9.17, 15) is 4.79 Å². The monoisotopic (exact) mass is 261 g/mol. The van der Waals surface area contributed by atoms with Crippen molar-refractivity contribution in [3.63, 3.8) is 0 Å². The molecule has 2 rings (SSSR count). The minimum absolute atomic E-state index is 0.0741. The Morgan fingerprint density at radius 3 is 2.63 bits per heavy atom. The molecular weight excluding hydrogens is 238 g/mol. The second-order valence-corrected chi connectivity index (χ2v) is 5.24. The lowest BCUT2D eigenvalue weighted by molar-refractivity contribution is -0.120. The smallest absolute Gasteiger partial charge is 0.224 e. The van der Waals surface area contributed by atoms with Crippen LogP contribution in [0.1, 0.15) is 31.7 Å². The van der Waals surface area contributed by atoms with Crippen LogP contribution in [0.15, 0.2) is 24.3 Å². The first-order valence-electron chi connectivity index (χ1n) is 7.05. The van der Waals surface area contributed by atoms with Gasteiger partial charge in [-0.05, 0) is 43.9 Å². The molecule has 2 atom stereocenters. The molecule has 1 aliphatic rings. The lowest BCUT2D eigenvalue weighted by Gasteiger charge is -2.14. The van der Waals surface area contributed by atoms with Crippen LogP contribution in [0.5, 0.6) is 0 Å². The van der Waals surface area contributed by atoms with Gasteiger partial charge < -0.3 is 16.4 Å². The van der Waals surface area contributed by atoms with Crippen molar-refractivity contribution in [2.75, 3.05) is 11.9 Å². The molecule has 1 amide bonds. The molecule has 4 nitrogen and oxygen atoms in total. The molecule has 0 aromatic heterocycles. The Bertz CT molecular complexity index is 416. The number of amides is 1. The molecule has 0 bridgehead atoms. The van der Waals surface area contributed by atoms with Crippen LogP contribution in [0, 0.1) is 0 Å². The van der Waals surface area contributed by atoms with E-state index in [2.05, 4.69) is 10.6 Å². The van der Waals surface area contributed by atoms with Crippen LogP contribution in [-0.2, 0) is 11.2 Å². The third kappa shape index (κ3) is 4.24. The Morgan fingerprint density at radius 2 is 2.05 bits per heavy atom. The Labute approximate surface area is 114 Å². The molecule has 1 aliphatic carbocycles. The van der Waals surface area contributed by atoms with Gasteiger partial charge >= 0.3 is 0 Å². The number of hydrogen-bond donors (Lipinski definition) is 3. The third-order valence-electron chi connectivity index (χ3n) is 3.54. The maximum Gasteiger partial charge on any atom is 0.224 e. The molecule has 2 unspecified atom stereocenters. The van der Waals surface area contributed by atoms with Crippen LogP contribution < -0.4 is 16.4 Å². The van der Waals surface area contributed by atoms with Gasteiger partial charge in [0.15, 0.2) is 0 Å². The van der Waals surface area contributed by atoms with E-state index in [-0.39, 0.29) is 5.91 Å². The largest absolute Gasteiger partial charge is 0.382 e. The van der Waals surface area contributed by atoms with E-state index in [0.717, 1.165) is 30.5 Å². The van der Waals surface area contributed by atoms with Gasteiger partial charge in [0.05, 0.1) is 6.42 Å². The minimum atomic E-state index is 0.0741. The second-order valence-electron chi connectivity index (χ2n) is 5.24. The molecule has 4 heteroatoms. The van der Waals surface area contributed by atoms with E-state index < -0.39 is 0 Å². The van der Waals surface area contributed by atoms with Gasteiger partial charge in [-0.15, -0.1) is 0 Å². The highest BCUT2D eigenvalue weighted by atomic mass is 16.1. The van der Waals surface area contributed by atoms with Gasteiger partial charge in [-0.2, -0.15) is 0 Å². The third-order valence-corrected chi connectivity index (χ3v) is 3.54. The van der Waals surface area contributed by atoms with E-state index in [4.69, 9.17) is 5.73 Å². The van der Waals surface area contributed by atoms with Crippen molar-refractivity contribution >= 4 is 11.6 Å². The molecule has 1 aromatic rings. The maximum absolute atomic E-state index is 11.5. The summed E-state index contributed by atoms with van der Waals surface area (Å²) < 4.78 is 0. The molecule has 1 fully saturated rings. The van der Waals surface area contributed by atoms with Crippen LogP contribution in [0.25, 0.3) is 0 Å². The molecule has 0 radical (unpaired) electrons. The zero-order valence-corrected chi connectivity index (χ0v) is 11.5. The number of carbonyl (C=O) groups is 1. The first-order chi connectivity index (χ1) is 9.17. The van der Waals surface area contributed by atoms with Gasteiger partial charge in [0, 0.05) is 24.3 Å². The SMILES string of the molecule is CCNC(=O)Cc1ccc(NC2CCC(N)C2)cc1. The first-order valence-corrected chi connectivity index (χ1v) is 7.05. The van der Waals surface area contributed by atoms with Crippen molar-refractivity contribution in [2.24, 2.45) is 5.73 Å². The molecule has 4 N–H and O–H groups in total. The van der Waals surface area contributed by atoms with Gasteiger partial charge in [-0.25, -0.2) is 0 Å². The summed E-state index contributed by atoms with van der Waals surface area (Å²) in [6.45, 7) is 2.61. The fourth-order valence-corrected chi connectivity index (χ4v) is 2.55. The summed E-state index contributed by atoms with van der Waals surface area (Å²) in [5, 5.41) is 6.30. The molecule has 19 heavy (non-hydrogen) atoms. The quantitative estimate of drug-likeness (QED) is 0.755. The van der Waals surface area contributed by atoms with Crippen molar-refractivity contribution in [3.8, 4) is 0 Å². The Morgan fingerprint density at radius 1 is 1.32 bits per heavy atom.